The van der Waals surface area contributed by atoms with Crippen molar-refractivity contribution in [3.63, 3.8) is 0 Å². The lowest BCUT2D eigenvalue weighted by atomic mass is 9.97. The van der Waals surface area contributed by atoms with Gasteiger partial charge in [0.25, 0.3) is 0 Å². The van der Waals surface area contributed by atoms with Crippen molar-refractivity contribution in [1.82, 2.24) is 10.2 Å². The summed E-state index contributed by atoms with van der Waals surface area (Å²) in [6, 6.07) is 16.1. The third-order valence-electron chi connectivity index (χ3n) is 3.96. The Morgan fingerprint density at radius 1 is 1.12 bits per heavy atom. The number of hydrogen-bond acceptors (Lipinski definition) is 3. The average molecular weight is 344 g/mol. The maximum absolute atomic E-state index is 13.3. The number of nitrogens with one attached hydrogen (secondary N) is 1. The summed E-state index contributed by atoms with van der Waals surface area (Å²) in [5, 5.41) is 2.91. The summed E-state index contributed by atoms with van der Waals surface area (Å²) < 4.78 is 18.3. The number of likely N-dealkylation sites (N-methyl/N-ethyl adjacent to an activating group) is 1. The fraction of sp³-hybridized carbons (Fsp3) is 0.350. The van der Waals surface area contributed by atoms with E-state index in [9.17, 15) is 9.18 Å². The molecule has 0 aromatic heterocycles. The Bertz CT molecular complexity index is 661. The molecule has 1 N–H and O–H groups in total. The molecule has 0 fully saturated rings. The van der Waals surface area contributed by atoms with Gasteiger partial charge in [-0.15, -0.1) is 0 Å². The molecular formula is C20H25FN2O2. The van der Waals surface area contributed by atoms with Gasteiger partial charge in [-0.25, -0.2) is 4.39 Å². The number of halogens is 1. The Hall–Kier alpha value is -2.24. The van der Waals surface area contributed by atoms with Crippen molar-refractivity contribution < 1.29 is 13.9 Å². The molecule has 2 rings (SSSR count). The predicted molar refractivity (Wildman–Crippen MR) is 96.8 cm³/mol. The third kappa shape index (κ3) is 5.66. The second-order valence-electron chi connectivity index (χ2n) is 6.20. The molecule has 5 heteroatoms. The number of ether oxygens (including phenoxy) is 1. The lowest BCUT2D eigenvalue weighted by molar-refractivity contribution is -0.123. The molecule has 2 atom stereocenters. The first kappa shape index (κ1) is 19.1. The fourth-order valence-corrected chi connectivity index (χ4v) is 2.91. The number of benzene rings is 2. The van der Waals surface area contributed by atoms with Crippen LogP contribution < -0.4 is 5.32 Å². The Balaban J connectivity index is 2.17. The zero-order chi connectivity index (χ0) is 18.2. The number of carbonyl (C=O) groups is 1. The van der Waals surface area contributed by atoms with Crippen molar-refractivity contribution in [1.29, 1.82) is 0 Å². The van der Waals surface area contributed by atoms with Gasteiger partial charge in [-0.1, -0.05) is 42.5 Å². The van der Waals surface area contributed by atoms with Gasteiger partial charge in [0.05, 0.1) is 19.2 Å². The number of hydrogen-bond donors (Lipinski definition) is 1. The van der Waals surface area contributed by atoms with Crippen molar-refractivity contribution in [3.05, 3.63) is 71.5 Å². The Morgan fingerprint density at radius 3 is 2.32 bits per heavy atom. The van der Waals surface area contributed by atoms with E-state index in [4.69, 9.17) is 4.74 Å². The summed E-state index contributed by atoms with van der Waals surface area (Å²) >= 11 is 0. The van der Waals surface area contributed by atoms with E-state index in [2.05, 4.69) is 5.32 Å². The van der Waals surface area contributed by atoms with E-state index in [-0.39, 0.29) is 30.4 Å². The standard InChI is InChI=1S/C20H25FN2O2/c1-15(14-25-3)22-19(24)13-23(2)20(16-7-5-4-6-8-16)17-9-11-18(21)12-10-17/h4-12,15,20H,13-14H2,1-3H3,(H,22,24). The van der Waals surface area contributed by atoms with Gasteiger partial charge in [0.2, 0.25) is 5.91 Å². The van der Waals surface area contributed by atoms with Crippen LogP contribution in [0.4, 0.5) is 4.39 Å². The van der Waals surface area contributed by atoms with Crippen molar-refractivity contribution in [2.75, 3.05) is 27.3 Å². The highest BCUT2D eigenvalue weighted by Crippen LogP contribution is 2.27. The van der Waals surface area contributed by atoms with Crippen LogP contribution in [0, 0.1) is 5.82 Å². The van der Waals surface area contributed by atoms with Gasteiger partial charge in [-0.3, -0.25) is 9.69 Å². The normalized spacial score (nSPS) is 13.5. The lowest BCUT2D eigenvalue weighted by Gasteiger charge is -2.29. The first-order valence-electron chi connectivity index (χ1n) is 8.30. The molecule has 134 valence electrons. The van der Waals surface area contributed by atoms with Crippen LogP contribution in [0.3, 0.4) is 0 Å². The van der Waals surface area contributed by atoms with Crippen LogP contribution in [-0.2, 0) is 9.53 Å². The molecule has 2 unspecified atom stereocenters. The molecule has 0 aliphatic rings. The minimum absolute atomic E-state index is 0.0492. The summed E-state index contributed by atoms with van der Waals surface area (Å²) in [6.07, 6.45) is 0. The third-order valence-corrected chi connectivity index (χ3v) is 3.96. The number of rotatable bonds is 8. The van der Waals surface area contributed by atoms with Crippen LogP contribution in [0.25, 0.3) is 0 Å². The summed E-state index contributed by atoms with van der Waals surface area (Å²) in [5.41, 5.74) is 1.99. The van der Waals surface area contributed by atoms with Gasteiger partial charge in [-0.05, 0) is 37.2 Å². The van der Waals surface area contributed by atoms with Crippen molar-refractivity contribution in [2.45, 2.75) is 19.0 Å². The first-order chi connectivity index (χ1) is 12.0. The van der Waals surface area contributed by atoms with Gasteiger partial charge in [-0.2, -0.15) is 0 Å². The van der Waals surface area contributed by atoms with E-state index < -0.39 is 0 Å². The molecule has 0 bridgehead atoms. The maximum Gasteiger partial charge on any atom is 0.234 e. The van der Waals surface area contributed by atoms with E-state index in [0.717, 1.165) is 11.1 Å². The monoisotopic (exact) mass is 344 g/mol. The zero-order valence-electron chi connectivity index (χ0n) is 14.9. The smallest absolute Gasteiger partial charge is 0.234 e. The van der Waals surface area contributed by atoms with Gasteiger partial charge >= 0.3 is 0 Å². The molecule has 2 aromatic carbocycles. The highest BCUT2D eigenvalue weighted by atomic mass is 19.1. The van der Waals surface area contributed by atoms with Crippen LogP contribution in [0.1, 0.15) is 24.1 Å². The van der Waals surface area contributed by atoms with Gasteiger partial charge < -0.3 is 10.1 Å². The highest BCUT2D eigenvalue weighted by Gasteiger charge is 2.21. The second kappa shape index (κ2) is 9.30. The molecule has 0 saturated heterocycles. The Morgan fingerprint density at radius 2 is 1.72 bits per heavy atom. The van der Waals surface area contributed by atoms with Crippen LogP contribution in [-0.4, -0.2) is 44.2 Å². The second-order valence-corrected chi connectivity index (χ2v) is 6.20. The Kier molecular flexibility index (Phi) is 7.10. The molecule has 0 heterocycles. The minimum Gasteiger partial charge on any atom is -0.383 e. The lowest BCUT2D eigenvalue weighted by Crippen LogP contribution is -2.42. The average Bonchev–Trinajstić information content (AvgIpc) is 2.58. The summed E-state index contributed by atoms with van der Waals surface area (Å²) in [6.45, 7) is 2.59. The quantitative estimate of drug-likeness (QED) is 0.800. The first-order valence-corrected chi connectivity index (χ1v) is 8.30. The predicted octanol–water partition coefficient (Wildman–Crippen LogP) is 3.00. The van der Waals surface area contributed by atoms with E-state index in [0.29, 0.717) is 6.61 Å². The molecule has 1 amide bonds. The van der Waals surface area contributed by atoms with Crippen LogP contribution >= 0.6 is 0 Å². The number of carbonyl (C=O) groups excluding carboxylic acids is 1. The zero-order valence-corrected chi connectivity index (χ0v) is 14.9. The molecule has 4 nitrogen and oxygen atoms in total. The number of nitrogens with zero attached hydrogens (tertiary/aromatic N) is 1. The molecule has 2 aromatic rings. The molecule has 25 heavy (non-hydrogen) atoms. The largest absolute Gasteiger partial charge is 0.383 e. The van der Waals surface area contributed by atoms with Crippen molar-refractivity contribution in [3.8, 4) is 0 Å². The highest BCUT2D eigenvalue weighted by molar-refractivity contribution is 5.78. The van der Waals surface area contributed by atoms with Crippen LogP contribution in [0.15, 0.2) is 54.6 Å². The van der Waals surface area contributed by atoms with E-state index >= 15 is 0 Å². The maximum atomic E-state index is 13.3. The summed E-state index contributed by atoms with van der Waals surface area (Å²) in [4.78, 5) is 14.2. The van der Waals surface area contributed by atoms with Gasteiger partial charge in [0, 0.05) is 13.2 Å². The van der Waals surface area contributed by atoms with E-state index in [1.165, 1.54) is 12.1 Å². The topological polar surface area (TPSA) is 41.6 Å². The summed E-state index contributed by atoms with van der Waals surface area (Å²) in [7, 11) is 3.50. The molecule has 0 spiro atoms. The fourth-order valence-electron chi connectivity index (χ4n) is 2.91. The minimum atomic E-state index is -0.274. The molecule has 0 aliphatic heterocycles. The SMILES string of the molecule is COCC(C)NC(=O)CN(C)C(c1ccccc1)c1ccc(F)cc1. The number of methoxy groups -OCH3 is 1. The van der Waals surface area contributed by atoms with Gasteiger partial charge in [0.15, 0.2) is 0 Å². The van der Waals surface area contributed by atoms with E-state index in [1.54, 1.807) is 19.2 Å². The molecule has 0 saturated carbocycles. The van der Waals surface area contributed by atoms with Crippen LogP contribution in [0.2, 0.25) is 0 Å². The van der Waals surface area contributed by atoms with Gasteiger partial charge in [0.1, 0.15) is 5.82 Å². The van der Waals surface area contributed by atoms with E-state index in [1.807, 2.05) is 49.2 Å². The summed E-state index contributed by atoms with van der Waals surface area (Å²) in [5.74, 6) is -0.348. The molecular weight excluding hydrogens is 319 g/mol. The number of amides is 1. The molecule has 0 aliphatic carbocycles. The molecule has 0 radical (unpaired) electrons. The van der Waals surface area contributed by atoms with Crippen molar-refractivity contribution >= 4 is 5.91 Å². The van der Waals surface area contributed by atoms with Crippen molar-refractivity contribution in [2.24, 2.45) is 0 Å². The Labute approximate surface area is 148 Å². The van der Waals surface area contributed by atoms with Crippen LogP contribution in [0.5, 0.6) is 0 Å².